The second-order valence-corrected chi connectivity index (χ2v) is 11.2. The Morgan fingerprint density at radius 2 is 1.97 bits per heavy atom. The van der Waals surface area contributed by atoms with Crippen molar-refractivity contribution in [1.82, 2.24) is 10.2 Å². The predicted octanol–water partition coefficient (Wildman–Crippen LogP) is 5.38. The van der Waals surface area contributed by atoms with Crippen molar-refractivity contribution in [2.45, 2.75) is 63.0 Å². The fourth-order valence-corrected chi connectivity index (χ4v) is 9.28. The Kier molecular flexibility index (Phi) is 4.96. The van der Waals surface area contributed by atoms with Crippen molar-refractivity contribution in [1.29, 1.82) is 0 Å². The number of fused-ring (bicyclic) bond motifs is 1. The molecule has 4 fully saturated rings. The van der Waals surface area contributed by atoms with E-state index in [1.165, 1.54) is 24.0 Å². The van der Waals surface area contributed by atoms with Crippen LogP contribution in [0.3, 0.4) is 0 Å². The normalized spacial score (nSPS) is 37.5. The molecule has 2 saturated carbocycles. The molecule has 34 heavy (non-hydrogen) atoms. The highest BCUT2D eigenvalue weighted by Gasteiger charge is 2.75. The molecule has 2 aromatic carbocycles. The van der Waals surface area contributed by atoms with Crippen molar-refractivity contribution < 1.29 is 13.5 Å². The number of alkyl halides is 2. The van der Waals surface area contributed by atoms with Crippen LogP contribution in [0.15, 0.2) is 48.5 Å². The summed E-state index contributed by atoms with van der Waals surface area (Å²) in [6.07, 6.45) is 5.36. The van der Waals surface area contributed by atoms with Crippen LogP contribution in [0.25, 0.3) is 0 Å². The van der Waals surface area contributed by atoms with Crippen LogP contribution in [0.5, 0.6) is 5.75 Å². The summed E-state index contributed by atoms with van der Waals surface area (Å²) in [6, 6.07) is 15.7. The lowest BCUT2D eigenvalue weighted by molar-refractivity contribution is -0.128. The Bertz CT molecular complexity index is 1090. The summed E-state index contributed by atoms with van der Waals surface area (Å²) in [5.74, 6) is -0.630. The molecule has 0 amide bonds. The zero-order valence-corrected chi connectivity index (χ0v) is 19.2. The standard InChI is InChI=1S/C28H32F2N2O.CH4/c1-33-21-8-7-18-13-24-26-10-9-23-25(19(15-26)16-31-23)27(26,22(18)14-21)11-12-32(24)17-28(29,30)20-5-3-2-4-6-20;/h2-8,14,19,23-25,31H,9-13,15-17H2,1H3;1H4/t19-,23?,24?,25?,26?,27?;/m1./s1. The van der Waals surface area contributed by atoms with Gasteiger partial charge in [0.2, 0.25) is 0 Å². The zero-order valence-electron chi connectivity index (χ0n) is 19.2. The molecule has 2 saturated heterocycles. The highest BCUT2D eigenvalue weighted by molar-refractivity contribution is 5.51. The second-order valence-electron chi connectivity index (χ2n) is 11.2. The van der Waals surface area contributed by atoms with E-state index in [4.69, 9.17) is 4.74 Å². The average Bonchev–Trinajstić information content (AvgIpc) is 3.31. The molecule has 2 heterocycles. The number of benzene rings is 2. The lowest BCUT2D eigenvalue weighted by Crippen LogP contribution is -2.70. The highest BCUT2D eigenvalue weighted by Crippen LogP contribution is 2.74. The van der Waals surface area contributed by atoms with Gasteiger partial charge in [-0.05, 0) is 85.7 Å². The Balaban J connectivity index is 0.00000217. The lowest BCUT2D eigenvalue weighted by Gasteiger charge is -2.66. The van der Waals surface area contributed by atoms with Gasteiger partial charge in [-0.1, -0.05) is 43.8 Å². The highest BCUT2D eigenvalue weighted by atomic mass is 19.3. The largest absolute Gasteiger partial charge is 0.497 e. The molecule has 7 rings (SSSR count). The Morgan fingerprint density at radius 3 is 2.76 bits per heavy atom. The lowest BCUT2D eigenvalue weighted by atomic mass is 9.43. The maximum Gasteiger partial charge on any atom is 0.285 e. The van der Waals surface area contributed by atoms with E-state index in [2.05, 4.69) is 28.4 Å². The van der Waals surface area contributed by atoms with Gasteiger partial charge in [0.1, 0.15) is 5.75 Å². The van der Waals surface area contributed by atoms with Gasteiger partial charge in [-0.3, -0.25) is 4.90 Å². The number of piperidine rings is 1. The molecule has 5 unspecified atom stereocenters. The van der Waals surface area contributed by atoms with E-state index in [9.17, 15) is 0 Å². The van der Waals surface area contributed by atoms with Crippen molar-refractivity contribution in [3.8, 4) is 5.75 Å². The van der Waals surface area contributed by atoms with Gasteiger partial charge in [0.05, 0.1) is 13.7 Å². The maximum atomic E-state index is 15.5. The number of hydrogen-bond acceptors (Lipinski definition) is 3. The number of rotatable bonds is 4. The third kappa shape index (κ3) is 2.69. The molecule has 6 atom stereocenters. The molecule has 4 bridgehead atoms. The van der Waals surface area contributed by atoms with Gasteiger partial charge in [-0.25, -0.2) is 0 Å². The summed E-state index contributed by atoms with van der Waals surface area (Å²) in [5.41, 5.74) is 3.17. The molecule has 182 valence electrons. The minimum Gasteiger partial charge on any atom is -0.497 e. The fraction of sp³-hybridized carbons (Fsp3) is 0.586. The maximum absolute atomic E-state index is 15.5. The van der Waals surface area contributed by atoms with Crippen LogP contribution in [0.4, 0.5) is 8.78 Å². The van der Waals surface area contributed by atoms with Crippen molar-refractivity contribution in [3.63, 3.8) is 0 Å². The van der Waals surface area contributed by atoms with E-state index in [0.29, 0.717) is 17.9 Å². The number of halogens is 2. The molecule has 0 spiro atoms. The number of likely N-dealkylation sites (tertiary alicyclic amines) is 1. The van der Waals surface area contributed by atoms with Crippen LogP contribution in [-0.4, -0.2) is 43.7 Å². The summed E-state index contributed by atoms with van der Waals surface area (Å²) < 4.78 is 36.7. The number of methoxy groups -OCH3 is 1. The Morgan fingerprint density at radius 1 is 1.15 bits per heavy atom. The third-order valence-electron chi connectivity index (χ3n) is 10.2. The van der Waals surface area contributed by atoms with Crippen LogP contribution in [0.2, 0.25) is 0 Å². The van der Waals surface area contributed by atoms with Gasteiger partial charge in [0, 0.05) is 23.1 Å². The molecule has 0 radical (unpaired) electrons. The van der Waals surface area contributed by atoms with Crippen LogP contribution in [0, 0.1) is 17.3 Å². The van der Waals surface area contributed by atoms with Crippen molar-refractivity contribution in [2.24, 2.45) is 17.3 Å². The summed E-state index contributed by atoms with van der Waals surface area (Å²) >= 11 is 0. The molecule has 1 N–H and O–H groups in total. The number of hydrogen-bond donors (Lipinski definition) is 1. The molecular weight excluding hydrogens is 430 g/mol. The molecule has 3 aliphatic carbocycles. The van der Waals surface area contributed by atoms with Gasteiger partial charge >= 0.3 is 0 Å². The second kappa shape index (κ2) is 7.51. The quantitative estimate of drug-likeness (QED) is 0.655. The monoisotopic (exact) mass is 466 g/mol. The number of ether oxygens (including phenoxy) is 1. The van der Waals surface area contributed by atoms with Crippen molar-refractivity contribution >= 4 is 0 Å². The van der Waals surface area contributed by atoms with E-state index in [1.807, 2.05) is 6.07 Å². The first-order valence-electron chi connectivity index (χ1n) is 12.6. The minimum atomic E-state index is -2.84. The van der Waals surface area contributed by atoms with Gasteiger partial charge in [-0.15, -0.1) is 0 Å². The van der Waals surface area contributed by atoms with Crippen LogP contribution in [0.1, 0.15) is 49.8 Å². The topological polar surface area (TPSA) is 24.5 Å². The first kappa shape index (κ1) is 22.5. The van der Waals surface area contributed by atoms with E-state index in [-0.39, 0.29) is 36.4 Å². The minimum absolute atomic E-state index is 0. The summed E-state index contributed by atoms with van der Waals surface area (Å²) in [6.45, 7) is 1.66. The average molecular weight is 467 g/mol. The summed E-state index contributed by atoms with van der Waals surface area (Å²) in [5, 5.41) is 3.84. The van der Waals surface area contributed by atoms with Gasteiger partial charge < -0.3 is 10.1 Å². The van der Waals surface area contributed by atoms with E-state index < -0.39 is 5.92 Å². The van der Waals surface area contributed by atoms with Gasteiger partial charge in [-0.2, -0.15) is 8.78 Å². The van der Waals surface area contributed by atoms with Crippen molar-refractivity contribution in [3.05, 3.63) is 65.2 Å². The summed E-state index contributed by atoms with van der Waals surface area (Å²) in [7, 11) is 1.75. The SMILES string of the molecule is C.COc1ccc2c(c1)C13CCN(CC(F)(F)c4ccccc4)C(C2)C12CCC1NC[C@@H](C2)C13. The van der Waals surface area contributed by atoms with Crippen LogP contribution >= 0.6 is 0 Å². The van der Waals surface area contributed by atoms with Crippen molar-refractivity contribution in [2.75, 3.05) is 26.7 Å². The molecular formula is C29H36F2N2O. The van der Waals surface area contributed by atoms with E-state index in [0.717, 1.165) is 38.1 Å². The predicted molar refractivity (Wildman–Crippen MR) is 130 cm³/mol. The molecule has 5 aliphatic rings. The Labute approximate surface area is 201 Å². The summed E-state index contributed by atoms with van der Waals surface area (Å²) in [4.78, 5) is 2.19. The molecule has 5 heteroatoms. The van der Waals surface area contributed by atoms with E-state index in [1.54, 1.807) is 31.4 Å². The molecule has 2 aromatic rings. The number of nitrogens with one attached hydrogen (secondary N) is 1. The first-order valence-corrected chi connectivity index (χ1v) is 12.6. The Hall–Kier alpha value is -1.98. The zero-order chi connectivity index (χ0) is 22.4. The molecule has 0 aromatic heterocycles. The van der Waals surface area contributed by atoms with Gasteiger partial charge in [0.15, 0.2) is 0 Å². The molecule has 2 aliphatic heterocycles. The van der Waals surface area contributed by atoms with Gasteiger partial charge in [0.25, 0.3) is 5.92 Å². The van der Waals surface area contributed by atoms with E-state index >= 15 is 8.78 Å². The third-order valence-corrected chi connectivity index (χ3v) is 10.2. The first-order chi connectivity index (χ1) is 16.0. The van der Waals surface area contributed by atoms with Crippen LogP contribution < -0.4 is 10.1 Å². The number of nitrogens with zero attached hydrogens (tertiary/aromatic N) is 1. The fourth-order valence-electron chi connectivity index (χ4n) is 9.28. The smallest absolute Gasteiger partial charge is 0.285 e. The molecule has 3 nitrogen and oxygen atoms in total. The van der Waals surface area contributed by atoms with Crippen LogP contribution in [-0.2, 0) is 17.8 Å².